The lowest BCUT2D eigenvalue weighted by atomic mass is 10.1. The molecule has 0 spiro atoms. The molecule has 9 heteroatoms. The van der Waals surface area contributed by atoms with Crippen LogP contribution in [0.5, 0.6) is 0 Å². The second-order valence-corrected chi connectivity index (χ2v) is 10.7. The fourth-order valence-electron chi connectivity index (χ4n) is 4.45. The minimum Gasteiger partial charge on any atom is -0.390 e. The van der Waals surface area contributed by atoms with Gasteiger partial charge in [0.25, 0.3) is 16.0 Å². The molecule has 8 nitrogen and oxygen atoms in total. The number of aliphatic imine (C=N–C) groups is 1. The second kappa shape index (κ2) is 16.5. The molecule has 0 fully saturated rings. The number of aliphatic hydroxyl groups excluding tert-OH is 2. The highest BCUT2D eigenvalue weighted by atomic mass is 32.2. The molecule has 0 saturated carbocycles. The number of hydrogen-bond acceptors (Lipinski definition) is 6. The summed E-state index contributed by atoms with van der Waals surface area (Å²) in [5.74, 6) is -0.601. The van der Waals surface area contributed by atoms with Gasteiger partial charge in [-0.2, -0.15) is 8.42 Å². The number of unbranched alkanes of at least 4 members (excludes halogenated alkanes) is 9. The molecule has 0 saturated heterocycles. The molecule has 0 radical (unpaired) electrons. The minimum absolute atomic E-state index is 0.0325. The van der Waals surface area contributed by atoms with Gasteiger partial charge in [-0.15, -0.1) is 0 Å². The molecule has 192 valence electrons. The van der Waals surface area contributed by atoms with Gasteiger partial charge in [-0.05, 0) is 32.1 Å². The summed E-state index contributed by atoms with van der Waals surface area (Å²) in [6, 6.07) is 0. The van der Waals surface area contributed by atoms with E-state index in [1.54, 1.807) is 0 Å². The van der Waals surface area contributed by atoms with Gasteiger partial charge in [0.05, 0.1) is 13.2 Å². The lowest BCUT2D eigenvalue weighted by Crippen LogP contribution is -2.59. The molecule has 1 heterocycles. The summed E-state index contributed by atoms with van der Waals surface area (Å²) in [7, 11) is -4.33. The molecule has 3 N–H and O–H groups in total. The van der Waals surface area contributed by atoms with E-state index in [2.05, 4.69) is 24.1 Å². The lowest BCUT2D eigenvalue weighted by molar-refractivity contribution is -0.837. The molecule has 0 aromatic carbocycles. The van der Waals surface area contributed by atoms with Crippen LogP contribution in [0.1, 0.15) is 84.0 Å². The molecular weight excluding hydrogens is 444 g/mol. The molecular formula is C24H45N2O6S+. The van der Waals surface area contributed by atoms with Crippen molar-refractivity contribution in [3.8, 4) is 0 Å². The summed E-state index contributed by atoms with van der Waals surface area (Å²) >= 11 is 0. The number of hydrogen-bond donors (Lipinski definition) is 3. The number of carbonyl (C=O) groups is 1. The summed E-state index contributed by atoms with van der Waals surface area (Å²) in [5, 5.41) is 19.6. The molecule has 2 unspecified atom stereocenters. The van der Waals surface area contributed by atoms with Crippen LogP contribution in [-0.2, 0) is 14.9 Å². The minimum atomic E-state index is -4.33. The maximum Gasteiger partial charge on any atom is 0.267 e. The highest BCUT2D eigenvalue weighted by Crippen LogP contribution is 2.20. The number of allylic oxidation sites excluding steroid dienone is 2. The van der Waals surface area contributed by atoms with Gasteiger partial charge < -0.3 is 10.2 Å². The lowest BCUT2D eigenvalue weighted by Gasteiger charge is -2.34. The highest BCUT2D eigenvalue weighted by Gasteiger charge is 2.43. The van der Waals surface area contributed by atoms with E-state index < -0.39 is 22.0 Å². The Morgan fingerprint density at radius 2 is 1.67 bits per heavy atom. The molecule has 1 rings (SSSR count). The number of carbonyl (C=O) groups excluding carboxylic acids is 1. The third-order valence-corrected chi connectivity index (χ3v) is 6.95. The summed E-state index contributed by atoms with van der Waals surface area (Å²) in [6.45, 7) is 2.94. The maximum absolute atomic E-state index is 12.8. The number of nitrogens with zero attached hydrogens (tertiary/aromatic N) is 2. The first kappa shape index (κ1) is 29.9. The van der Waals surface area contributed by atoms with Crippen molar-refractivity contribution in [1.82, 2.24) is 0 Å². The summed E-state index contributed by atoms with van der Waals surface area (Å²) in [5.41, 5.74) is 0. The number of amidine groups is 1. The third kappa shape index (κ3) is 12.8. The first-order chi connectivity index (χ1) is 15.7. The standard InChI is InChI=1S/C24H44N2O6S/c1-2-3-4-5-6-7-8-9-10-11-12-13-14-15-23(29)24-25-16-17-26(24,18-19-27)20-22(28)21-33(30,31)32/h8-9,22,27-28H,2-7,10-21H2,1H3/p+1/b9-8+. The first-order valence-corrected chi connectivity index (χ1v) is 14.2. The fourth-order valence-corrected chi connectivity index (χ4v) is 5.04. The molecule has 1 aliphatic heterocycles. The molecule has 0 bridgehead atoms. The van der Waals surface area contributed by atoms with Crippen LogP contribution in [0.2, 0.25) is 0 Å². The van der Waals surface area contributed by atoms with E-state index in [4.69, 9.17) is 4.55 Å². The van der Waals surface area contributed by atoms with Crippen LogP contribution in [0, 0.1) is 0 Å². The van der Waals surface area contributed by atoms with Crippen LogP contribution >= 0.6 is 0 Å². The van der Waals surface area contributed by atoms with E-state index in [1.165, 1.54) is 32.1 Å². The van der Waals surface area contributed by atoms with Gasteiger partial charge in [-0.25, -0.2) is 4.99 Å². The van der Waals surface area contributed by atoms with Crippen LogP contribution in [0.25, 0.3) is 0 Å². The summed E-state index contributed by atoms with van der Waals surface area (Å²) < 4.78 is 31.1. The van der Waals surface area contributed by atoms with Crippen molar-refractivity contribution in [2.24, 2.45) is 4.99 Å². The summed E-state index contributed by atoms with van der Waals surface area (Å²) in [4.78, 5) is 17.1. The molecule has 0 aliphatic carbocycles. The molecule has 1 aliphatic rings. The predicted molar refractivity (Wildman–Crippen MR) is 132 cm³/mol. The topological polar surface area (TPSA) is 124 Å². The van der Waals surface area contributed by atoms with Crippen LogP contribution < -0.4 is 0 Å². The Labute approximate surface area is 200 Å². The predicted octanol–water partition coefficient (Wildman–Crippen LogP) is 3.28. The summed E-state index contributed by atoms with van der Waals surface area (Å²) in [6.07, 6.45) is 16.2. The normalized spacial score (nSPS) is 19.8. The zero-order chi connectivity index (χ0) is 24.6. The zero-order valence-electron chi connectivity index (χ0n) is 20.3. The monoisotopic (exact) mass is 489 g/mol. The van der Waals surface area contributed by atoms with Crippen molar-refractivity contribution in [3.63, 3.8) is 0 Å². The van der Waals surface area contributed by atoms with E-state index >= 15 is 0 Å². The Morgan fingerprint density at radius 3 is 2.24 bits per heavy atom. The van der Waals surface area contributed by atoms with Crippen LogP contribution in [0.15, 0.2) is 17.1 Å². The Balaban J connectivity index is 2.33. The Hall–Kier alpha value is -1.13. The van der Waals surface area contributed by atoms with E-state index in [0.29, 0.717) is 25.3 Å². The Kier molecular flexibility index (Phi) is 14.9. The van der Waals surface area contributed by atoms with Gasteiger partial charge >= 0.3 is 0 Å². The van der Waals surface area contributed by atoms with Gasteiger partial charge in [0.15, 0.2) is 0 Å². The highest BCUT2D eigenvalue weighted by molar-refractivity contribution is 7.85. The number of aliphatic hydroxyl groups is 2. The van der Waals surface area contributed by atoms with Crippen molar-refractivity contribution < 1.29 is 32.5 Å². The number of Topliss-reactive ketones (excluding diaryl/α,β-unsaturated/α-hetero) is 1. The average Bonchev–Trinajstić information content (AvgIpc) is 3.13. The van der Waals surface area contributed by atoms with Crippen molar-refractivity contribution in [1.29, 1.82) is 0 Å². The first-order valence-electron chi connectivity index (χ1n) is 12.6. The van der Waals surface area contributed by atoms with Gasteiger partial charge in [0, 0.05) is 6.42 Å². The number of ketones is 1. The maximum atomic E-state index is 12.8. The third-order valence-electron chi connectivity index (χ3n) is 6.15. The molecule has 0 amide bonds. The van der Waals surface area contributed by atoms with Crippen molar-refractivity contribution in [2.45, 2.75) is 90.1 Å². The van der Waals surface area contributed by atoms with Gasteiger partial charge in [0.1, 0.15) is 31.5 Å². The second-order valence-electron chi connectivity index (χ2n) is 9.16. The molecule has 0 aromatic heterocycles. The Bertz CT molecular complexity index is 722. The van der Waals surface area contributed by atoms with Gasteiger partial charge in [-0.1, -0.05) is 57.6 Å². The van der Waals surface area contributed by atoms with E-state index in [0.717, 1.165) is 38.5 Å². The van der Waals surface area contributed by atoms with Crippen LogP contribution in [0.4, 0.5) is 0 Å². The quantitative estimate of drug-likeness (QED) is 0.104. The molecule has 0 aromatic rings. The van der Waals surface area contributed by atoms with Gasteiger partial charge in [-0.3, -0.25) is 13.8 Å². The Morgan fingerprint density at radius 1 is 1.06 bits per heavy atom. The smallest absolute Gasteiger partial charge is 0.267 e. The zero-order valence-corrected chi connectivity index (χ0v) is 21.1. The van der Waals surface area contributed by atoms with Crippen LogP contribution in [0.3, 0.4) is 0 Å². The van der Waals surface area contributed by atoms with Crippen molar-refractivity contribution in [2.75, 3.05) is 38.5 Å². The van der Waals surface area contributed by atoms with E-state index in [9.17, 15) is 23.4 Å². The molecule has 2 atom stereocenters. The molecule has 33 heavy (non-hydrogen) atoms. The van der Waals surface area contributed by atoms with Crippen molar-refractivity contribution >= 4 is 21.7 Å². The van der Waals surface area contributed by atoms with Crippen LogP contribution in [-0.4, -0.2) is 83.9 Å². The van der Waals surface area contributed by atoms with E-state index in [-0.39, 0.29) is 30.0 Å². The van der Waals surface area contributed by atoms with Crippen molar-refractivity contribution in [3.05, 3.63) is 12.2 Å². The number of rotatable bonds is 20. The fraction of sp³-hybridized carbons (Fsp3) is 0.833. The largest absolute Gasteiger partial charge is 0.390 e. The number of quaternary nitrogens is 1. The SMILES string of the molecule is CCCCCCC/C=C/CCCCCCC(=O)C1=NCC[N+]1(CCO)CC(O)CS(=O)(=O)O. The van der Waals surface area contributed by atoms with E-state index in [1.807, 2.05) is 0 Å². The average molecular weight is 490 g/mol. The van der Waals surface area contributed by atoms with Gasteiger partial charge in [0.2, 0.25) is 5.78 Å².